The monoisotopic (exact) mass is 336 g/mol. The van der Waals surface area contributed by atoms with Crippen LogP contribution in [0.1, 0.15) is 20.7 Å². The van der Waals surface area contributed by atoms with Gasteiger partial charge in [0.2, 0.25) is 5.91 Å². The van der Waals surface area contributed by atoms with Gasteiger partial charge >= 0.3 is 0 Å². The van der Waals surface area contributed by atoms with Gasteiger partial charge in [0.25, 0.3) is 5.56 Å². The highest BCUT2D eigenvalue weighted by Gasteiger charge is 2.34. The number of nitrogens with one attached hydrogen (secondary N) is 1. The van der Waals surface area contributed by atoms with E-state index in [1.807, 2.05) is 6.07 Å². The van der Waals surface area contributed by atoms with Gasteiger partial charge in [0, 0.05) is 19.6 Å². The summed E-state index contributed by atoms with van der Waals surface area (Å²) in [7, 11) is 0. The molecule has 6 nitrogen and oxygen atoms in total. The first-order valence-electron chi connectivity index (χ1n) is 7.56. The van der Waals surface area contributed by atoms with Crippen LogP contribution in [0.4, 0.5) is 14.5 Å². The van der Waals surface area contributed by atoms with Gasteiger partial charge in [-0.25, -0.2) is 8.78 Å². The van der Waals surface area contributed by atoms with Crippen LogP contribution in [0.2, 0.25) is 0 Å². The maximum Gasteiger partial charge on any atom is 0.286 e. The number of amides is 1. The Hall–Kier alpha value is -2.74. The minimum atomic E-state index is -1.08. The van der Waals surface area contributed by atoms with Crippen LogP contribution in [0.25, 0.3) is 0 Å². The van der Waals surface area contributed by atoms with Gasteiger partial charge < -0.3 is 9.88 Å². The molecule has 1 aliphatic carbocycles. The van der Waals surface area contributed by atoms with E-state index < -0.39 is 35.8 Å². The summed E-state index contributed by atoms with van der Waals surface area (Å²) < 4.78 is 26.8. The average molecular weight is 336 g/mol. The number of carbonyl (C=O) groups is 1. The van der Waals surface area contributed by atoms with E-state index in [9.17, 15) is 18.4 Å². The van der Waals surface area contributed by atoms with Gasteiger partial charge in [0.05, 0.1) is 36.2 Å². The number of aromatic nitrogens is 1. The second kappa shape index (κ2) is 7.69. The minimum Gasteiger partial charge on any atom is -0.324 e. The summed E-state index contributed by atoms with van der Waals surface area (Å²) in [4.78, 5) is 23.8. The Kier molecular flexibility index (Phi) is 5.64. The maximum absolute atomic E-state index is 13.6. The van der Waals surface area contributed by atoms with Crippen LogP contribution >= 0.6 is 0 Å². The molecule has 0 saturated heterocycles. The first kappa shape index (κ1) is 17.6. The summed E-state index contributed by atoms with van der Waals surface area (Å²) in [6.07, 6.45) is 2.34. The summed E-state index contributed by atoms with van der Waals surface area (Å²) in [5, 5.41) is 20.6. The second-order valence-electron chi connectivity index (χ2n) is 5.73. The zero-order chi connectivity index (χ0) is 17.7. The van der Waals surface area contributed by atoms with Crippen molar-refractivity contribution >= 4 is 11.6 Å². The van der Waals surface area contributed by atoms with Crippen molar-refractivity contribution in [3.63, 3.8) is 0 Å². The van der Waals surface area contributed by atoms with E-state index >= 15 is 0 Å². The highest BCUT2D eigenvalue weighted by molar-refractivity contribution is 5.92. The largest absolute Gasteiger partial charge is 0.324 e. The average Bonchev–Trinajstić information content (AvgIpc) is 2.58. The number of nitrogens with zero attached hydrogens (tertiary/aromatic N) is 3. The van der Waals surface area contributed by atoms with Crippen molar-refractivity contribution in [1.82, 2.24) is 4.57 Å². The molecule has 0 aliphatic heterocycles. The smallest absolute Gasteiger partial charge is 0.286 e. The standard InChI is InChI=1S/C16H16F2N4O2.H2/c17-3-4-22-9-13(6-14(18)16(22)24)21-15(23)10-1-2-11(7-19)12(5-10)8-20;/h6,9-12H,1-5H2,(H,21,23);1H. The van der Waals surface area contributed by atoms with Crippen LogP contribution in [-0.4, -0.2) is 17.1 Å². The van der Waals surface area contributed by atoms with E-state index in [0.717, 1.165) is 10.6 Å². The normalized spacial score (nSPS) is 23.1. The van der Waals surface area contributed by atoms with Gasteiger partial charge in [-0.3, -0.25) is 9.59 Å². The van der Waals surface area contributed by atoms with E-state index in [1.165, 1.54) is 6.20 Å². The number of hydrogen-bond donors (Lipinski definition) is 1. The third-order valence-electron chi connectivity index (χ3n) is 4.19. The summed E-state index contributed by atoms with van der Waals surface area (Å²) in [5.41, 5.74) is -0.897. The molecule has 3 unspecified atom stereocenters. The summed E-state index contributed by atoms with van der Waals surface area (Å²) >= 11 is 0. The van der Waals surface area contributed by atoms with Crippen molar-refractivity contribution in [2.75, 3.05) is 12.0 Å². The molecule has 8 heteroatoms. The van der Waals surface area contributed by atoms with Gasteiger partial charge in [-0.05, 0) is 19.3 Å². The lowest BCUT2D eigenvalue weighted by Gasteiger charge is -2.27. The zero-order valence-electron chi connectivity index (χ0n) is 12.8. The lowest BCUT2D eigenvalue weighted by molar-refractivity contribution is -0.121. The molecule has 1 aromatic heterocycles. The molecule has 3 atom stereocenters. The molecule has 0 bridgehead atoms. The van der Waals surface area contributed by atoms with E-state index in [1.54, 1.807) is 0 Å². The van der Waals surface area contributed by atoms with Gasteiger partial charge in [-0.1, -0.05) is 0 Å². The molecular formula is C16H18F2N4O2. The van der Waals surface area contributed by atoms with Crippen LogP contribution in [0.5, 0.6) is 0 Å². The number of pyridine rings is 1. The molecule has 1 saturated carbocycles. The fourth-order valence-electron chi connectivity index (χ4n) is 2.87. The number of carbonyl (C=O) groups excluding carboxylic acids is 1. The lowest BCUT2D eigenvalue weighted by Crippen LogP contribution is -2.32. The molecule has 1 fully saturated rings. The third-order valence-corrected chi connectivity index (χ3v) is 4.19. The number of anilines is 1. The molecule has 2 rings (SSSR count). The Bertz CT molecular complexity index is 769. The molecule has 1 aromatic rings. The number of hydrogen-bond acceptors (Lipinski definition) is 4. The number of nitriles is 2. The molecule has 128 valence electrons. The second-order valence-corrected chi connectivity index (χ2v) is 5.73. The van der Waals surface area contributed by atoms with Crippen molar-refractivity contribution in [2.45, 2.75) is 25.8 Å². The van der Waals surface area contributed by atoms with Gasteiger partial charge in [0.15, 0.2) is 5.82 Å². The van der Waals surface area contributed by atoms with Crippen LogP contribution in [0, 0.1) is 46.2 Å². The predicted octanol–water partition coefficient (Wildman–Crippen LogP) is 2.22. The van der Waals surface area contributed by atoms with Crippen molar-refractivity contribution in [3.8, 4) is 12.1 Å². The number of halogens is 2. The molecule has 1 heterocycles. The number of rotatable bonds is 4. The SMILES string of the molecule is N#CC1CCC(C(=O)Nc2cc(F)c(=O)n(CCF)c2)CC1C#N.[HH]. The van der Waals surface area contributed by atoms with E-state index in [0.29, 0.717) is 12.8 Å². The Morgan fingerprint density at radius 1 is 1.38 bits per heavy atom. The number of aryl methyl sites for hydroxylation is 1. The van der Waals surface area contributed by atoms with Crippen molar-refractivity contribution in [2.24, 2.45) is 17.8 Å². The first-order chi connectivity index (χ1) is 11.5. The Labute approximate surface area is 138 Å². The van der Waals surface area contributed by atoms with Gasteiger partial charge in [-0.15, -0.1) is 0 Å². The van der Waals surface area contributed by atoms with E-state index in [4.69, 9.17) is 10.5 Å². The number of alkyl halides is 1. The van der Waals surface area contributed by atoms with Crippen LogP contribution in [0.3, 0.4) is 0 Å². The third kappa shape index (κ3) is 3.77. The highest BCUT2D eigenvalue weighted by atomic mass is 19.1. The van der Waals surface area contributed by atoms with E-state index in [-0.39, 0.29) is 26.0 Å². The first-order valence-corrected chi connectivity index (χ1v) is 7.56. The minimum absolute atomic E-state index is 0. The molecule has 0 spiro atoms. The van der Waals surface area contributed by atoms with Crippen molar-refractivity contribution in [1.29, 1.82) is 10.5 Å². The van der Waals surface area contributed by atoms with Crippen LogP contribution in [0.15, 0.2) is 17.1 Å². The molecule has 24 heavy (non-hydrogen) atoms. The van der Waals surface area contributed by atoms with Crippen molar-refractivity contribution in [3.05, 3.63) is 28.4 Å². The molecule has 1 N–H and O–H groups in total. The topological polar surface area (TPSA) is 98.7 Å². The fourth-order valence-corrected chi connectivity index (χ4v) is 2.87. The molecule has 1 amide bonds. The maximum atomic E-state index is 13.6. The molecular weight excluding hydrogens is 318 g/mol. The quantitative estimate of drug-likeness (QED) is 0.911. The molecule has 0 radical (unpaired) electrons. The van der Waals surface area contributed by atoms with Gasteiger partial charge in [0.1, 0.15) is 6.67 Å². The highest BCUT2D eigenvalue weighted by Crippen LogP contribution is 2.33. The zero-order valence-corrected chi connectivity index (χ0v) is 12.8. The fraction of sp³-hybridized carbons (Fsp3) is 0.500. The lowest BCUT2D eigenvalue weighted by atomic mass is 9.75. The Morgan fingerprint density at radius 2 is 2.08 bits per heavy atom. The molecule has 0 aromatic carbocycles. The van der Waals surface area contributed by atoms with Crippen LogP contribution in [-0.2, 0) is 11.3 Å². The Morgan fingerprint density at radius 3 is 2.71 bits per heavy atom. The predicted molar refractivity (Wildman–Crippen MR) is 82.9 cm³/mol. The Balaban J connectivity index is 0.00000312. The molecule has 1 aliphatic rings. The summed E-state index contributed by atoms with van der Waals surface area (Å²) in [6, 6.07) is 5.00. The van der Waals surface area contributed by atoms with Crippen molar-refractivity contribution < 1.29 is 15.0 Å². The summed E-state index contributed by atoms with van der Waals surface area (Å²) in [6.45, 7) is -1.14. The van der Waals surface area contributed by atoms with Gasteiger partial charge in [-0.2, -0.15) is 10.5 Å². The summed E-state index contributed by atoms with van der Waals surface area (Å²) in [5.74, 6) is -2.86. The van der Waals surface area contributed by atoms with Crippen LogP contribution < -0.4 is 10.9 Å². The van der Waals surface area contributed by atoms with E-state index in [2.05, 4.69) is 11.4 Å².